The summed E-state index contributed by atoms with van der Waals surface area (Å²) in [6.45, 7) is 8.73. The number of anilines is 1. The lowest BCUT2D eigenvalue weighted by molar-refractivity contribution is -0.127. The molecular weight excluding hydrogens is 532 g/mol. The first-order valence-electron chi connectivity index (χ1n) is 12.1. The number of amides is 4. The van der Waals surface area contributed by atoms with E-state index in [9.17, 15) is 24.3 Å². The molecular formula is C25H35BrN4O6. The van der Waals surface area contributed by atoms with Crippen LogP contribution >= 0.6 is 15.9 Å². The van der Waals surface area contributed by atoms with Crippen LogP contribution in [0.4, 0.5) is 15.3 Å². The van der Waals surface area contributed by atoms with Gasteiger partial charge >= 0.3 is 12.2 Å². The Bertz CT molecular complexity index is 1040. The van der Waals surface area contributed by atoms with Crippen molar-refractivity contribution < 1.29 is 29.0 Å². The highest BCUT2D eigenvalue weighted by molar-refractivity contribution is 9.10. The minimum Gasteiger partial charge on any atom is -0.465 e. The molecule has 2 aliphatic heterocycles. The van der Waals surface area contributed by atoms with Gasteiger partial charge in [0.15, 0.2) is 0 Å². The molecule has 3 rings (SSSR count). The third kappa shape index (κ3) is 5.77. The summed E-state index contributed by atoms with van der Waals surface area (Å²) < 4.78 is 5.25. The number of nitrogens with zero attached hydrogens (tertiary/aromatic N) is 3. The van der Waals surface area contributed by atoms with Gasteiger partial charge < -0.3 is 29.9 Å². The summed E-state index contributed by atoms with van der Waals surface area (Å²) in [4.78, 5) is 55.0. The number of rotatable bonds is 6. The molecule has 11 heteroatoms. The number of carboxylic acid groups (broad SMARTS) is 1. The van der Waals surface area contributed by atoms with E-state index in [1.54, 1.807) is 15.9 Å². The first-order chi connectivity index (χ1) is 16.9. The van der Waals surface area contributed by atoms with E-state index in [2.05, 4.69) is 26.0 Å². The number of hydrogen-bond acceptors (Lipinski definition) is 5. The van der Waals surface area contributed by atoms with Crippen molar-refractivity contribution in [2.45, 2.75) is 59.0 Å². The smallest absolute Gasteiger partial charge is 0.407 e. The number of methoxy groups -OCH3 is 1. The van der Waals surface area contributed by atoms with Crippen molar-refractivity contribution in [1.82, 2.24) is 15.1 Å². The SMILES string of the molecule is COC(=O)NCCN1C(=O)C(C)(C)Cc2cc(Br)c(C(=O)N(C(C)C)[C@@H]3CCCN(C(=O)O)C3)cc21. The third-order valence-corrected chi connectivity index (χ3v) is 7.44. The summed E-state index contributed by atoms with van der Waals surface area (Å²) in [5.41, 5.74) is 1.33. The maximum absolute atomic E-state index is 13.9. The maximum Gasteiger partial charge on any atom is 0.407 e. The normalized spacial score (nSPS) is 19.1. The van der Waals surface area contributed by atoms with Gasteiger partial charge in [-0.05, 0) is 66.7 Å². The fraction of sp³-hybridized carbons (Fsp3) is 0.600. The first-order valence-corrected chi connectivity index (χ1v) is 12.9. The number of likely N-dealkylation sites (tertiary alicyclic amines) is 1. The molecule has 10 nitrogen and oxygen atoms in total. The van der Waals surface area contributed by atoms with Crippen molar-refractivity contribution in [3.63, 3.8) is 0 Å². The summed E-state index contributed by atoms with van der Waals surface area (Å²) in [5.74, 6) is -0.311. The van der Waals surface area contributed by atoms with Gasteiger partial charge in [-0.15, -0.1) is 0 Å². The highest BCUT2D eigenvalue weighted by atomic mass is 79.9. The van der Waals surface area contributed by atoms with E-state index in [1.165, 1.54) is 12.0 Å². The summed E-state index contributed by atoms with van der Waals surface area (Å²) >= 11 is 3.58. The van der Waals surface area contributed by atoms with Crippen molar-refractivity contribution in [3.05, 3.63) is 27.7 Å². The van der Waals surface area contributed by atoms with Crippen molar-refractivity contribution in [3.8, 4) is 0 Å². The fourth-order valence-corrected chi connectivity index (χ4v) is 5.63. The Labute approximate surface area is 220 Å². The second kappa shape index (κ2) is 11.1. The molecule has 0 spiro atoms. The zero-order valence-electron chi connectivity index (χ0n) is 21.5. The Balaban J connectivity index is 1.96. The lowest BCUT2D eigenvalue weighted by Crippen LogP contribution is -2.54. The van der Waals surface area contributed by atoms with Crippen molar-refractivity contribution in [1.29, 1.82) is 0 Å². The summed E-state index contributed by atoms with van der Waals surface area (Å²) in [5, 5.41) is 12.1. The zero-order chi connectivity index (χ0) is 26.8. The van der Waals surface area contributed by atoms with Crippen LogP contribution in [0.2, 0.25) is 0 Å². The number of halogens is 1. The van der Waals surface area contributed by atoms with Gasteiger partial charge in [0.05, 0.1) is 18.7 Å². The van der Waals surface area contributed by atoms with Crippen LogP contribution in [0.25, 0.3) is 0 Å². The summed E-state index contributed by atoms with van der Waals surface area (Å²) in [6.07, 6.45) is 0.348. The predicted octanol–water partition coefficient (Wildman–Crippen LogP) is 3.71. The molecule has 1 aromatic rings. The standard InChI is InChI=1S/C25H35BrN4O6/c1-15(2)30(17-7-6-9-28(14-17)24(34)35)21(31)18-12-20-16(11-19(18)26)13-25(3,4)22(32)29(20)10-8-27-23(33)36-5/h11-12,15,17H,6-10,13-14H2,1-5H3,(H,27,33)(H,34,35)/t17-/m1/s1. The number of hydrogen-bond donors (Lipinski definition) is 2. The second-order valence-corrected chi connectivity index (χ2v) is 11.1. The molecule has 2 heterocycles. The average Bonchev–Trinajstić information content (AvgIpc) is 2.80. The van der Waals surface area contributed by atoms with Crippen LogP contribution in [0.15, 0.2) is 16.6 Å². The minimum atomic E-state index is -0.983. The van der Waals surface area contributed by atoms with Crippen LogP contribution in [-0.2, 0) is 16.0 Å². The van der Waals surface area contributed by atoms with Crippen molar-refractivity contribution >= 4 is 45.6 Å². The molecule has 198 valence electrons. The first kappa shape index (κ1) is 27.8. The topological polar surface area (TPSA) is 119 Å². The van der Waals surface area contributed by atoms with Gasteiger partial charge in [0, 0.05) is 47.8 Å². The number of carbonyl (C=O) groups excluding carboxylic acids is 3. The van der Waals surface area contributed by atoms with Gasteiger partial charge in [0.1, 0.15) is 0 Å². The van der Waals surface area contributed by atoms with E-state index < -0.39 is 17.6 Å². The van der Waals surface area contributed by atoms with Crippen LogP contribution < -0.4 is 10.2 Å². The highest BCUT2D eigenvalue weighted by Gasteiger charge is 2.40. The number of ether oxygens (including phenoxy) is 1. The lowest BCUT2D eigenvalue weighted by Gasteiger charge is -2.41. The average molecular weight is 567 g/mol. The van der Waals surface area contributed by atoms with Crippen molar-refractivity contribution in [2.24, 2.45) is 5.41 Å². The zero-order valence-corrected chi connectivity index (χ0v) is 23.1. The molecule has 1 atom stereocenters. The molecule has 0 unspecified atom stereocenters. The van der Waals surface area contributed by atoms with Crippen LogP contribution in [0.1, 0.15) is 56.5 Å². The van der Waals surface area contributed by atoms with Gasteiger partial charge in [-0.3, -0.25) is 9.59 Å². The molecule has 1 aromatic carbocycles. The number of carbonyl (C=O) groups is 4. The Morgan fingerprint density at radius 1 is 1.31 bits per heavy atom. The molecule has 0 saturated carbocycles. The number of alkyl carbamates (subject to hydrolysis) is 1. The quantitative estimate of drug-likeness (QED) is 0.541. The lowest BCUT2D eigenvalue weighted by atomic mass is 9.80. The highest BCUT2D eigenvalue weighted by Crippen LogP contribution is 2.40. The number of piperidine rings is 1. The van der Waals surface area contributed by atoms with Gasteiger partial charge in [-0.1, -0.05) is 13.8 Å². The van der Waals surface area contributed by atoms with Crippen molar-refractivity contribution in [2.75, 3.05) is 38.2 Å². The Morgan fingerprint density at radius 2 is 2.00 bits per heavy atom. The van der Waals surface area contributed by atoms with E-state index in [-0.39, 0.29) is 43.5 Å². The Morgan fingerprint density at radius 3 is 2.61 bits per heavy atom. The van der Waals surface area contributed by atoms with Crippen LogP contribution in [-0.4, -0.2) is 84.3 Å². The summed E-state index contributed by atoms with van der Waals surface area (Å²) in [6, 6.07) is 3.23. The van der Waals surface area contributed by atoms with Gasteiger partial charge in [-0.25, -0.2) is 9.59 Å². The van der Waals surface area contributed by atoms with Crippen LogP contribution in [0.5, 0.6) is 0 Å². The molecule has 0 radical (unpaired) electrons. The molecule has 2 N–H and O–H groups in total. The van der Waals surface area contributed by atoms with E-state index in [1.807, 2.05) is 33.8 Å². The third-order valence-electron chi connectivity index (χ3n) is 6.79. The minimum absolute atomic E-state index is 0.0903. The molecule has 1 fully saturated rings. The van der Waals surface area contributed by atoms with E-state index in [0.29, 0.717) is 41.5 Å². The largest absolute Gasteiger partial charge is 0.465 e. The van der Waals surface area contributed by atoms with E-state index in [0.717, 1.165) is 5.56 Å². The molecule has 4 amide bonds. The van der Waals surface area contributed by atoms with Gasteiger partial charge in [-0.2, -0.15) is 0 Å². The number of nitrogens with one attached hydrogen (secondary N) is 1. The molecule has 36 heavy (non-hydrogen) atoms. The molecule has 1 saturated heterocycles. The maximum atomic E-state index is 13.9. The Kier molecular flexibility index (Phi) is 8.53. The van der Waals surface area contributed by atoms with Crippen LogP contribution in [0.3, 0.4) is 0 Å². The Hall–Kier alpha value is -2.82. The molecule has 0 aliphatic carbocycles. The number of benzene rings is 1. The molecule has 0 bridgehead atoms. The van der Waals surface area contributed by atoms with Gasteiger partial charge in [0.25, 0.3) is 5.91 Å². The molecule has 0 aromatic heterocycles. The van der Waals surface area contributed by atoms with Crippen LogP contribution in [0, 0.1) is 5.41 Å². The second-order valence-electron chi connectivity index (χ2n) is 10.2. The van der Waals surface area contributed by atoms with E-state index in [4.69, 9.17) is 0 Å². The monoisotopic (exact) mass is 566 g/mol. The predicted molar refractivity (Wildman–Crippen MR) is 138 cm³/mol. The van der Waals surface area contributed by atoms with E-state index >= 15 is 0 Å². The number of fused-ring (bicyclic) bond motifs is 1. The fourth-order valence-electron chi connectivity index (χ4n) is 5.07. The molecule has 2 aliphatic rings. The van der Waals surface area contributed by atoms with Gasteiger partial charge in [0.2, 0.25) is 5.91 Å². The summed E-state index contributed by atoms with van der Waals surface area (Å²) in [7, 11) is 1.28.